The number of rotatable bonds is 3. The number of nitrogens with one attached hydrogen (secondary N) is 1. The monoisotopic (exact) mass is 252 g/mol. The average molecular weight is 252 g/mol. The largest absolute Gasteiger partial charge is 0.451 e. The van der Waals surface area contributed by atoms with Gasteiger partial charge in [0.1, 0.15) is 0 Å². The van der Waals surface area contributed by atoms with Crippen molar-refractivity contribution in [3.05, 3.63) is 30.3 Å². The first kappa shape index (κ1) is 13.8. The molecule has 1 N–H and O–H groups in total. The molecule has 2 amide bonds. The molecule has 1 aromatic carbocycles. The number of hydrogen-bond acceptors (Lipinski definition) is 4. The molecule has 0 aliphatic carbocycles. The Morgan fingerprint density at radius 3 is 2.50 bits per heavy atom. The lowest BCUT2D eigenvalue weighted by atomic mass is 10.3. The van der Waals surface area contributed by atoms with Gasteiger partial charge in [-0.05, 0) is 18.6 Å². The van der Waals surface area contributed by atoms with E-state index in [1.807, 2.05) is 30.6 Å². The zero-order valence-corrected chi connectivity index (χ0v) is 10.4. The highest BCUT2D eigenvalue weighted by Gasteiger charge is 2.17. The molecule has 1 rings (SSSR count). The lowest BCUT2D eigenvalue weighted by Gasteiger charge is -2.20. The van der Waals surface area contributed by atoms with E-state index in [0.717, 1.165) is 6.42 Å². The summed E-state index contributed by atoms with van der Waals surface area (Å²) in [6.45, 7) is 2.43. The lowest BCUT2D eigenvalue weighted by molar-refractivity contribution is 0.0769. The highest BCUT2D eigenvalue weighted by Crippen LogP contribution is 2.14. The Balaban J connectivity index is 2.67. The van der Waals surface area contributed by atoms with E-state index in [1.165, 1.54) is 12.0 Å². The first-order chi connectivity index (χ1) is 8.69. The molecular formula is C12H16N2O4. The molecule has 1 aromatic rings. The van der Waals surface area contributed by atoms with E-state index < -0.39 is 12.2 Å². The van der Waals surface area contributed by atoms with Crippen molar-refractivity contribution in [1.29, 1.82) is 0 Å². The van der Waals surface area contributed by atoms with Gasteiger partial charge in [0.25, 0.3) is 0 Å². The molecule has 0 radical (unpaired) electrons. The van der Waals surface area contributed by atoms with Crippen molar-refractivity contribution in [2.75, 3.05) is 18.6 Å². The van der Waals surface area contributed by atoms with Crippen LogP contribution in [0.4, 0.5) is 15.3 Å². The molecule has 0 heterocycles. The Kier molecular flexibility index (Phi) is 5.50. The number of para-hydroxylation sites is 1. The molecule has 98 valence electrons. The van der Waals surface area contributed by atoms with E-state index in [0.29, 0.717) is 12.2 Å². The molecule has 6 heteroatoms. The minimum absolute atomic E-state index is 0.492. The molecule has 0 fully saturated rings. The zero-order valence-electron chi connectivity index (χ0n) is 10.4. The van der Waals surface area contributed by atoms with Crippen molar-refractivity contribution in [1.82, 2.24) is 5.48 Å². The van der Waals surface area contributed by atoms with E-state index in [2.05, 4.69) is 9.57 Å². The van der Waals surface area contributed by atoms with E-state index in [9.17, 15) is 9.59 Å². The van der Waals surface area contributed by atoms with Crippen LogP contribution in [0, 0.1) is 0 Å². The van der Waals surface area contributed by atoms with Gasteiger partial charge in [0.05, 0.1) is 7.11 Å². The number of carbonyl (C=O) groups is 2. The summed E-state index contributed by atoms with van der Waals surface area (Å²) in [6, 6.07) is 9.06. The van der Waals surface area contributed by atoms with Gasteiger partial charge in [-0.3, -0.25) is 4.90 Å². The topological polar surface area (TPSA) is 67.9 Å². The Morgan fingerprint density at radius 2 is 1.94 bits per heavy atom. The smallest absolute Gasteiger partial charge is 0.440 e. The number of hydroxylamine groups is 1. The van der Waals surface area contributed by atoms with Crippen molar-refractivity contribution in [2.45, 2.75) is 13.3 Å². The second-order valence-corrected chi connectivity index (χ2v) is 3.45. The standard InChI is InChI=1S/C12H16N2O4/c1-3-9-14(10-7-5-4-6-8-10)12(16)18-13-11(15)17-2/h4-8H,3,9H2,1-2H3,(H,13,15). The first-order valence-corrected chi connectivity index (χ1v) is 5.56. The number of benzene rings is 1. The van der Waals surface area contributed by atoms with Crippen LogP contribution >= 0.6 is 0 Å². The molecule has 6 nitrogen and oxygen atoms in total. The molecule has 0 spiro atoms. The predicted octanol–water partition coefficient (Wildman–Crippen LogP) is 2.31. The Hall–Kier alpha value is -2.24. The van der Waals surface area contributed by atoms with Crippen LogP contribution in [-0.2, 0) is 9.57 Å². The summed E-state index contributed by atoms with van der Waals surface area (Å²) in [5, 5.41) is 0. The number of amides is 2. The van der Waals surface area contributed by atoms with Gasteiger partial charge < -0.3 is 9.57 Å². The van der Waals surface area contributed by atoms with Crippen LogP contribution in [0.5, 0.6) is 0 Å². The summed E-state index contributed by atoms with van der Waals surface area (Å²) in [5.41, 5.74) is 2.59. The SMILES string of the molecule is CCCN(C(=O)ONC(=O)OC)c1ccccc1. The maximum absolute atomic E-state index is 11.8. The van der Waals surface area contributed by atoms with Crippen LogP contribution in [0.15, 0.2) is 30.3 Å². The van der Waals surface area contributed by atoms with E-state index in [-0.39, 0.29) is 0 Å². The molecule has 0 aromatic heterocycles. The first-order valence-electron chi connectivity index (χ1n) is 5.56. The fourth-order valence-corrected chi connectivity index (χ4v) is 1.34. The number of methoxy groups -OCH3 is 1. The van der Waals surface area contributed by atoms with Crippen molar-refractivity contribution >= 4 is 17.9 Å². The number of carbonyl (C=O) groups excluding carboxylic acids is 2. The van der Waals surface area contributed by atoms with Crippen LogP contribution in [0.3, 0.4) is 0 Å². The number of hydrogen-bond donors (Lipinski definition) is 1. The minimum Gasteiger partial charge on any atom is -0.451 e. The van der Waals surface area contributed by atoms with Crippen molar-refractivity contribution in [3.63, 3.8) is 0 Å². The van der Waals surface area contributed by atoms with Crippen LogP contribution in [0.25, 0.3) is 0 Å². The Morgan fingerprint density at radius 1 is 1.28 bits per heavy atom. The minimum atomic E-state index is -0.826. The van der Waals surface area contributed by atoms with Gasteiger partial charge in [0, 0.05) is 12.2 Å². The Bertz CT molecular complexity index is 394. The number of anilines is 1. The summed E-state index contributed by atoms with van der Waals surface area (Å²) in [7, 11) is 1.18. The third-order valence-electron chi connectivity index (χ3n) is 2.14. The van der Waals surface area contributed by atoms with Crippen molar-refractivity contribution in [3.8, 4) is 0 Å². The second-order valence-electron chi connectivity index (χ2n) is 3.45. The van der Waals surface area contributed by atoms with Crippen LogP contribution in [-0.4, -0.2) is 25.8 Å². The molecule has 18 heavy (non-hydrogen) atoms. The predicted molar refractivity (Wildman–Crippen MR) is 66.1 cm³/mol. The summed E-state index contributed by atoms with van der Waals surface area (Å²) >= 11 is 0. The van der Waals surface area contributed by atoms with Gasteiger partial charge in [-0.25, -0.2) is 9.59 Å². The van der Waals surface area contributed by atoms with Gasteiger partial charge in [-0.1, -0.05) is 25.1 Å². The third-order valence-corrected chi connectivity index (χ3v) is 2.14. The highest BCUT2D eigenvalue weighted by molar-refractivity contribution is 5.88. The molecule has 0 unspecified atom stereocenters. The molecule has 0 bridgehead atoms. The van der Waals surface area contributed by atoms with Gasteiger partial charge in [-0.15, -0.1) is 5.48 Å². The summed E-state index contributed by atoms with van der Waals surface area (Å²) < 4.78 is 4.30. The molecule has 0 atom stereocenters. The van der Waals surface area contributed by atoms with Crippen LogP contribution in [0.2, 0.25) is 0 Å². The molecule has 0 aliphatic heterocycles. The Labute approximate surface area is 105 Å². The molecule has 0 saturated heterocycles. The lowest BCUT2D eigenvalue weighted by Crippen LogP contribution is -2.37. The van der Waals surface area contributed by atoms with Crippen molar-refractivity contribution < 1.29 is 19.2 Å². The van der Waals surface area contributed by atoms with Crippen molar-refractivity contribution in [2.24, 2.45) is 0 Å². The van der Waals surface area contributed by atoms with Crippen LogP contribution < -0.4 is 10.4 Å². The van der Waals surface area contributed by atoms with Gasteiger partial charge in [0.15, 0.2) is 0 Å². The van der Waals surface area contributed by atoms with Gasteiger partial charge >= 0.3 is 12.2 Å². The summed E-state index contributed by atoms with van der Waals surface area (Å²) in [4.78, 5) is 28.6. The van der Waals surface area contributed by atoms with Gasteiger partial charge in [-0.2, -0.15) is 0 Å². The maximum Gasteiger partial charge on any atom is 0.440 e. The fraction of sp³-hybridized carbons (Fsp3) is 0.333. The number of nitrogens with zero attached hydrogens (tertiary/aromatic N) is 1. The summed E-state index contributed by atoms with van der Waals surface area (Å²) in [5.74, 6) is 0. The maximum atomic E-state index is 11.8. The zero-order chi connectivity index (χ0) is 13.4. The van der Waals surface area contributed by atoms with E-state index in [1.54, 1.807) is 12.1 Å². The quantitative estimate of drug-likeness (QED) is 0.838. The van der Waals surface area contributed by atoms with Gasteiger partial charge in [0.2, 0.25) is 0 Å². The van der Waals surface area contributed by atoms with E-state index in [4.69, 9.17) is 0 Å². The summed E-state index contributed by atoms with van der Waals surface area (Å²) in [6.07, 6.45) is -0.719. The fourth-order valence-electron chi connectivity index (χ4n) is 1.34. The molecule has 0 aliphatic rings. The third kappa shape index (κ3) is 3.97. The van der Waals surface area contributed by atoms with E-state index >= 15 is 0 Å². The second kappa shape index (κ2) is 7.16. The van der Waals surface area contributed by atoms with Crippen LogP contribution in [0.1, 0.15) is 13.3 Å². The highest BCUT2D eigenvalue weighted by atomic mass is 16.7. The molecular weight excluding hydrogens is 236 g/mol. The number of ether oxygens (including phenoxy) is 1. The average Bonchev–Trinajstić information content (AvgIpc) is 2.42. The normalized spacial score (nSPS) is 9.44. The molecule has 0 saturated carbocycles.